The number of carbonyl (C=O) groups excluding carboxylic acids is 1. The van der Waals surface area contributed by atoms with Gasteiger partial charge in [-0.2, -0.15) is 0 Å². The predicted octanol–water partition coefficient (Wildman–Crippen LogP) is 3.00. The van der Waals surface area contributed by atoms with E-state index in [0.717, 1.165) is 5.56 Å². The van der Waals surface area contributed by atoms with E-state index in [-0.39, 0.29) is 11.9 Å². The van der Waals surface area contributed by atoms with Crippen LogP contribution in [0.5, 0.6) is 5.75 Å². The molecule has 1 rings (SSSR count). The van der Waals surface area contributed by atoms with Crippen LogP contribution in [0.4, 0.5) is 0 Å². The molecule has 0 saturated carbocycles. The Hall–Kier alpha value is -1.26. The summed E-state index contributed by atoms with van der Waals surface area (Å²) in [5.74, 6) is 0.464. The van der Waals surface area contributed by atoms with Gasteiger partial charge in [-0.25, -0.2) is 0 Å². The first-order valence-electron chi connectivity index (χ1n) is 6.91. The van der Waals surface area contributed by atoms with Crippen molar-refractivity contribution >= 4 is 17.5 Å². The van der Waals surface area contributed by atoms with Crippen molar-refractivity contribution in [2.45, 2.75) is 39.8 Å². The van der Waals surface area contributed by atoms with Crippen molar-refractivity contribution in [3.63, 3.8) is 0 Å². The molecule has 0 aliphatic heterocycles. The molecular weight excluding hydrogens is 276 g/mol. The van der Waals surface area contributed by atoms with Crippen molar-refractivity contribution in [1.29, 1.82) is 0 Å². The summed E-state index contributed by atoms with van der Waals surface area (Å²) < 4.78 is 5.66. The summed E-state index contributed by atoms with van der Waals surface area (Å²) in [5.41, 5.74) is 6.73. The maximum Gasteiger partial charge on any atom is 0.263 e. The van der Waals surface area contributed by atoms with Gasteiger partial charge in [-0.3, -0.25) is 4.79 Å². The van der Waals surface area contributed by atoms with Crippen molar-refractivity contribution < 1.29 is 9.53 Å². The van der Waals surface area contributed by atoms with Crippen LogP contribution in [-0.4, -0.2) is 30.0 Å². The van der Waals surface area contributed by atoms with Gasteiger partial charge in [0.25, 0.3) is 5.91 Å². The van der Waals surface area contributed by atoms with E-state index in [0.29, 0.717) is 23.9 Å². The Morgan fingerprint density at radius 1 is 1.35 bits per heavy atom. The summed E-state index contributed by atoms with van der Waals surface area (Å²) in [5, 5.41) is 0.471. The zero-order valence-corrected chi connectivity index (χ0v) is 13.3. The number of ether oxygens (including phenoxy) is 1. The maximum atomic E-state index is 12.1. The van der Waals surface area contributed by atoms with Gasteiger partial charge in [-0.05, 0) is 45.4 Å². The lowest BCUT2D eigenvalue weighted by Crippen LogP contribution is -2.40. The summed E-state index contributed by atoms with van der Waals surface area (Å²) in [6.07, 6.45) is -0.562. The van der Waals surface area contributed by atoms with Gasteiger partial charge in [0.2, 0.25) is 0 Å². The molecule has 20 heavy (non-hydrogen) atoms. The number of nitrogens with two attached hydrogens (primary N) is 1. The molecule has 112 valence electrons. The average molecular weight is 299 g/mol. The molecule has 2 N–H and O–H groups in total. The van der Waals surface area contributed by atoms with E-state index in [1.54, 1.807) is 24.0 Å². The molecule has 4 nitrogen and oxygen atoms in total. The number of halogens is 1. The quantitative estimate of drug-likeness (QED) is 0.878. The molecule has 1 amide bonds. The van der Waals surface area contributed by atoms with Crippen molar-refractivity contribution in [1.82, 2.24) is 4.90 Å². The highest BCUT2D eigenvalue weighted by Gasteiger charge is 2.20. The minimum absolute atomic E-state index is 0.0395. The second-order valence-electron chi connectivity index (χ2n) is 4.75. The highest BCUT2D eigenvalue weighted by Crippen LogP contribution is 2.28. The molecule has 0 saturated heterocycles. The van der Waals surface area contributed by atoms with Crippen LogP contribution in [0.3, 0.4) is 0 Å². The SMILES string of the molecule is CCN(CC)C(=O)C(C)Oc1ccc([C@H](C)N)cc1Cl. The molecular formula is C15H23ClN2O2. The zero-order valence-electron chi connectivity index (χ0n) is 12.5. The lowest BCUT2D eigenvalue weighted by Gasteiger charge is -2.23. The molecule has 1 unspecified atom stereocenters. The Balaban J connectivity index is 2.80. The molecule has 0 aromatic heterocycles. The molecule has 0 heterocycles. The molecule has 0 aliphatic rings. The Labute approximate surface area is 125 Å². The summed E-state index contributed by atoms with van der Waals surface area (Å²) in [6.45, 7) is 8.84. The van der Waals surface area contributed by atoms with Gasteiger partial charge < -0.3 is 15.4 Å². The number of hydrogen-bond acceptors (Lipinski definition) is 3. The Bertz CT molecular complexity index is 459. The zero-order chi connectivity index (χ0) is 15.3. The third-order valence-electron chi connectivity index (χ3n) is 3.21. The average Bonchev–Trinajstić information content (AvgIpc) is 2.41. The molecule has 0 fully saturated rings. The maximum absolute atomic E-state index is 12.1. The van der Waals surface area contributed by atoms with E-state index in [2.05, 4.69) is 0 Å². The molecule has 0 aliphatic carbocycles. The first-order valence-corrected chi connectivity index (χ1v) is 7.28. The minimum Gasteiger partial charge on any atom is -0.479 e. The number of likely N-dealkylation sites (N-methyl/N-ethyl adjacent to an activating group) is 1. The smallest absolute Gasteiger partial charge is 0.263 e. The fraction of sp³-hybridized carbons (Fsp3) is 0.533. The lowest BCUT2D eigenvalue weighted by atomic mass is 10.1. The second-order valence-corrected chi connectivity index (χ2v) is 5.16. The highest BCUT2D eigenvalue weighted by molar-refractivity contribution is 6.32. The summed E-state index contributed by atoms with van der Waals surface area (Å²) in [7, 11) is 0. The fourth-order valence-electron chi connectivity index (χ4n) is 1.93. The van der Waals surface area contributed by atoms with Crippen LogP contribution in [0.2, 0.25) is 5.02 Å². The van der Waals surface area contributed by atoms with E-state index in [1.165, 1.54) is 0 Å². The normalized spacial score (nSPS) is 13.7. The highest BCUT2D eigenvalue weighted by atomic mass is 35.5. The minimum atomic E-state index is -0.562. The molecule has 0 radical (unpaired) electrons. The van der Waals surface area contributed by atoms with Crippen LogP contribution in [0.1, 0.15) is 39.3 Å². The summed E-state index contributed by atoms with van der Waals surface area (Å²) in [4.78, 5) is 13.9. The molecule has 1 aromatic carbocycles. The van der Waals surface area contributed by atoms with Crippen molar-refractivity contribution in [3.05, 3.63) is 28.8 Å². The van der Waals surface area contributed by atoms with E-state index >= 15 is 0 Å². The number of hydrogen-bond donors (Lipinski definition) is 1. The van der Waals surface area contributed by atoms with Crippen LogP contribution in [0, 0.1) is 0 Å². The number of benzene rings is 1. The predicted molar refractivity (Wildman–Crippen MR) is 82.1 cm³/mol. The standard InChI is InChI=1S/C15H23ClN2O2/c1-5-18(6-2)15(19)11(4)20-14-8-7-12(10(3)17)9-13(14)16/h7-11H,5-6,17H2,1-4H3/t10-,11?/m0/s1. The molecule has 0 spiro atoms. The van der Waals surface area contributed by atoms with Crippen LogP contribution in [0.25, 0.3) is 0 Å². The van der Waals surface area contributed by atoms with Gasteiger partial charge in [0.15, 0.2) is 6.10 Å². The van der Waals surface area contributed by atoms with Crippen molar-refractivity contribution in [2.75, 3.05) is 13.1 Å². The van der Waals surface area contributed by atoms with E-state index in [9.17, 15) is 4.79 Å². The third-order valence-corrected chi connectivity index (χ3v) is 3.50. The molecule has 5 heteroatoms. The summed E-state index contributed by atoms with van der Waals surface area (Å²) in [6, 6.07) is 5.31. The van der Waals surface area contributed by atoms with Gasteiger partial charge >= 0.3 is 0 Å². The van der Waals surface area contributed by atoms with Crippen molar-refractivity contribution in [2.24, 2.45) is 5.73 Å². The topological polar surface area (TPSA) is 55.6 Å². The first-order chi connectivity index (χ1) is 9.40. The molecule has 1 aromatic rings. The monoisotopic (exact) mass is 298 g/mol. The Morgan fingerprint density at radius 2 is 1.95 bits per heavy atom. The fourth-order valence-corrected chi connectivity index (χ4v) is 2.16. The van der Waals surface area contributed by atoms with E-state index in [4.69, 9.17) is 22.1 Å². The van der Waals surface area contributed by atoms with Gasteiger partial charge in [0, 0.05) is 19.1 Å². The Kier molecular flexibility index (Phi) is 6.30. The number of carbonyl (C=O) groups is 1. The van der Waals surface area contributed by atoms with Gasteiger partial charge in [0.1, 0.15) is 5.75 Å². The lowest BCUT2D eigenvalue weighted by molar-refractivity contribution is -0.137. The Morgan fingerprint density at radius 3 is 2.40 bits per heavy atom. The molecule has 0 bridgehead atoms. The summed E-state index contributed by atoms with van der Waals surface area (Å²) >= 11 is 6.16. The van der Waals surface area contributed by atoms with E-state index in [1.807, 2.05) is 26.8 Å². The number of rotatable bonds is 6. The second kappa shape index (κ2) is 7.50. The van der Waals surface area contributed by atoms with Gasteiger partial charge in [0.05, 0.1) is 5.02 Å². The number of nitrogens with zero attached hydrogens (tertiary/aromatic N) is 1. The number of amides is 1. The van der Waals surface area contributed by atoms with Crippen LogP contribution in [0.15, 0.2) is 18.2 Å². The van der Waals surface area contributed by atoms with Gasteiger partial charge in [-0.1, -0.05) is 17.7 Å². The largest absolute Gasteiger partial charge is 0.479 e. The van der Waals surface area contributed by atoms with Crippen LogP contribution >= 0.6 is 11.6 Å². The van der Waals surface area contributed by atoms with Crippen LogP contribution < -0.4 is 10.5 Å². The third kappa shape index (κ3) is 4.12. The van der Waals surface area contributed by atoms with E-state index < -0.39 is 6.10 Å². The van der Waals surface area contributed by atoms with Crippen LogP contribution in [-0.2, 0) is 4.79 Å². The first kappa shape index (κ1) is 16.8. The van der Waals surface area contributed by atoms with Gasteiger partial charge in [-0.15, -0.1) is 0 Å². The molecule has 2 atom stereocenters. The van der Waals surface area contributed by atoms with Crippen molar-refractivity contribution in [3.8, 4) is 5.75 Å².